The van der Waals surface area contributed by atoms with Crippen LogP contribution in [-0.2, 0) is 32.7 Å². The molecule has 7 rings (SSSR count). The Hall–Kier alpha value is -0.812. The molecule has 2 fully saturated rings. The number of benzene rings is 4. The van der Waals surface area contributed by atoms with Crippen molar-refractivity contribution >= 4 is 62.4 Å². The van der Waals surface area contributed by atoms with E-state index in [4.69, 9.17) is 8.85 Å². The second kappa shape index (κ2) is 17.3. The van der Waals surface area contributed by atoms with Gasteiger partial charge in [0, 0.05) is 38.4 Å². The average Bonchev–Trinajstić information content (AvgIpc) is 3.72. The Bertz CT molecular complexity index is 1940. The summed E-state index contributed by atoms with van der Waals surface area (Å²) in [6, 6.07) is 27.2. The van der Waals surface area contributed by atoms with E-state index in [1.165, 1.54) is 58.4 Å². The quantitative estimate of drug-likeness (QED) is 0.142. The Morgan fingerprint density at radius 2 is 0.831 bits per heavy atom. The van der Waals surface area contributed by atoms with E-state index in [1.54, 1.807) is 0 Å². The molecule has 4 aromatic carbocycles. The van der Waals surface area contributed by atoms with E-state index in [0.717, 1.165) is 11.5 Å². The SMILES string of the molecule is CC(C)(C)C1CC([Si](C)(C)C)C([Si]2(C3CC(C(C)(C)C)CC3[Si](C)(C)C)Oc3ccc4ccccc4c3-c3c(ccc4ccccc34)O2)C1.C[Si](C)(C)[CH-][Si](C)(C)C.[Y+3]. The Balaban J connectivity index is 0.000000594. The van der Waals surface area contributed by atoms with E-state index in [2.05, 4.69) is 199 Å². The topological polar surface area (TPSA) is 18.5 Å². The van der Waals surface area contributed by atoms with Crippen molar-refractivity contribution in [1.82, 2.24) is 0 Å². The largest absolute Gasteiger partial charge is 3.00 e. The molecule has 8 heteroatoms. The van der Waals surface area contributed by atoms with Gasteiger partial charge in [-0.1, -0.05) is 181 Å². The zero-order chi connectivity index (χ0) is 43.0. The molecule has 3 aliphatic rings. The van der Waals surface area contributed by atoms with Gasteiger partial charge in [0.25, 0.3) is 0 Å². The van der Waals surface area contributed by atoms with E-state index in [1.807, 2.05) is 0 Å². The molecule has 4 aromatic rings. The Kier molecular flexibility index (Phi) is 14.4. The summed E-state index contributed by atoms with van der Waals surface area (Å²) in [4.78, 5) is 0. The van der Waals surface area contributed by atoms with Crippen molar-refractivity contribution in [3.63, 3.8) is 0 Å². The van der Waals surface area contributed by atoms with Crippen LogP contribution in [0.4, 0.5) is 0 Å². The summed E-state index contributed by atoms with van der Waals surface area (Å²) >= 11 is 0. The van der Waals surface area contributed by atoms with Crippen LogP contribution in [0.2, 0.25) is 101 Å². The van der Waals surface area contributed by atoms with Crippen LogP contribution >= 0.6 is 0 Å². The van der Waals surface area contributed by atoms with E-state index in [0.29, 0.717) is 34.0 Å². The van der Waals surface area contributed by atoms with Crippen molar-refractivity contribution in [2.45, 2.75) is 168 Å². The summed E-state index contributed by atoms with van der Waals surface area (Å²) in [6.45, 7) is 45.2. The van der Waals surface area contributed by atoms with Gasteiger partial charge in [-0.25, -0.2) is 0 Å². The van der Waals surface area contributed by atoms with Gasteiger partial charge in [0.1, 0.15) is 11.5 Å². The Labute approximate surface area is 392 Å². The molecular formula is C51H81O2Si5Y+2. The molecule has 6 unspecified atom stereocenters. The molecule has 2 aliphatic carbocycles. The molecule has 0 spiro atoms. The van der Waals surface area contributed by atoms with E-state index in [-0.39, 0.29) is 43.5 Å². The van der Waals surface area contributed by atoms with Gasteiger partial charge in [-0.05, 0) is 93.1 Å². The van der Waals surface area contributed by atoms with Gasteiger partial charge in [-0.2, -0.15) is 0 Å². The van der Waals surface area contributed by atoms with Crippen molar-refractivity contribution in [1.29, 1.82) is 0 Å². The van der Waals surface area contributed by atoms with Gasteiger partial charge in [0.05, 0.1) is 0 Å². The number of hydrogen-bond donors (Lipinski definition) is 0. The third-order valence-electron chi connectivity index (χ3n) is 14.3. The fraction of sp³-hybridized carbons (Fsp3) is 0.588. The van der Waals surface area contributed by atoms with Gasteiger partial charge < -0.3 is 14.5 Å². The van der Waals surface area contributed by atoms with Crippen molar-refractivity contribution < 1.29 is 41.6 Å². The van der Waals surface area contributed by atoms with Gasteiger partial charge in [-0.3, -0.25) is 0 Å². The molecule has 318 valence electrons. The molecule has 0 aromatic heterocycles. The maximum absolute atomic E-state index is 8.19. The third-order valence-corrected chi connectivity index (χ3v) is 32.0. The number of rotatable bonds is 6. The predicted octanol–water partition coefficient (Wildman–Crippen LogP) is 16.9. The second-order valence-corrected chi connectivity index (χ2v) is 50.2. The normalized spacial score (nSPS) is 24.8. The molecular weight excluding hydrogens is 874 g/mol. The van der Waals surface area contributed by atoms with Crippen LogP contribution in [0.15, 0.2) is 72.8 Å². The van der Waals surface area contributed by atoms with Crippen LogP contribution in [0.3, 0.4) is 0 Å². The zero-order valence-corrected chi connectivity index (χ0v) is 48.5. The van der Waals surface area contributed by atoms with Crippen LogP contribution in [0.25, 0.3) is 32.7 Å². The van der Waals surface area contributed by atoms with Crippen molar-refractivity contribution in [3.05, 3.63) is 78.5 Å². The van der Waals surface area contributed by atoms with Gasteiger partial charge >= 0.3 is 41.3 Å². The van der Waals surface area contributed by atoms with E-state index < -0.39 is 40.9 Å². The minimum absolute atomic E-state index is 0. The first-order valence-corrected chi connectivity index (χ1v) is 39.1. The fourth-order valence-electron chi connectivity index (χ4n) is 11.7. The summed E-state index contributed by atoms with van der Waals surface area (Å²) in [7, 11) is -8.00. The van der Waals surface area contributed by atoms with E-state index in [9.17, 15) is 0 Å². The summed E-state index contributed by atoms with van der Waals surface area (Å²) < 4.78 is 16.4. The van der Waals surface area contributed by atoms with Gasteiger partial charge in [-0.15, -0.1) is 16.1 Å². The first-order chi connectivity index (χ1) is 26.5. The smallest absolute Gasteiger partial charge is 0.511 e. The van der Waals surface area contributed by atoms with E-state index >= 15 is 0 Å². The fourth-order valence-corrected chi connectivity index (χ4v) is 36.0. The summed E-state index contributed by atoms with van der Waals surface area (Å²) in [6.07, 6.45) is 5.08. The predicted molar refractivity (Wildman–Crippen MR) is 271 cm³/mol. The Morgan fingerprint density at radius 3 is 1.12 bits per heavy atom. The molecule has 2 nitrogen and oxygen atoms in total. The molecule has 1 aliphatic heterocycles. The average molecular weight is 956 g/mol. The minimum Gasteiger partial charge on any atom is -0.511 e. The Morgan fingerprint density at radius 1 is 0.492 bits per heavy atom. The molecule has 0 saturated heterocycles. The van der Waals surface area contributed by atoms with Crippen molar-refractivity contribution in [2.75, 3.05) is 0 Å². The zero-order valence-electron chi connectivity index (χ0n) is 40.7. The maximum atomic E-state index is 8.19. The molecule has 0 amide bonds. The maximum Gasteiger partial charge on any atom is 3.00 e. The van der Waals surface area contributed by atoms with Gasteiger partial charge in [0.2, 0.25) is 0 Å². The van der Waals surface area contributed by atoms with Crippen molar-refractivity contribution in [3.8, 4) is 22.6 Å². The molecule has 0 N–H and O–H groups in total. The molecule has 0 bridgehead atoms. The monoisotopic (exact) mass is 954 g/mol. The van der Waals surface area contributed by atoms with Crippen LogP contribution in [0, 0.1) is 28.3 Å². The molecule has 2 saturated carbocycles. The van der Waals surface area contributed by atoms with Crippen LogP contribution < -0.4 is 8.85 Å². The second-order valence-electron chi connectivity index (χ2n) is 25.3. The first-order valence-electron chi connectivity index (χ1n) is 22.8. The first kappa shape index (κ1) is 49.2. The molecule has 59 heavy (non-hydrogen) atoms. The van der Waals surface area contributed by atoms with Crippen LogP contribution in [-0.4, -0.2) is 40.9 Å². The third kappa shape index (κ3) is 10.8. The number of fused-ring (bicyclic) bond motifs is 7. The van der Waals surface area contributed by atoms with Crippen LogP contribution in [0.1, 0.15) is 67.2 Å². The minimum atomic E-state index is -3.06. The summed E-state index contributed by atoms with van der Waals surface area (Å²) in [5, 5.41) is 5.07. The molecule has 1 heterocycles. The number of hydrogen-bond acceptors (Lipinski definition) is 2. The van der Waals surface area contributed by atoms with Crippen LogP contribution in [0.5, 0.6) is 11.5 Å². The molecule has 0 radical (unpaired) electrons. The van der Waals surface area contributed by atoms with Gasteiger partial charge in [0.15, 0.2) is 0 Å². The summed E-state index contributed by atoms with van der Waals surface area (Å²) in [5.41, 5.74) is 7.92. The van der Waals surface area contributed by atoms with Crippen molar-refractivity contribution in [2.24, 2.45) is 22.7 Å². The standard InChI is InChI=1S/C44H62O2Si3.C7H19Si2.Y/c1-43(2,3)31-25-37(47(7,8)9)39(27-31)49(40-28-32(44(4,5)6)26-38(40)48(10,11)12)45-35-23-21-29-17-13-15-19-33(29)41(35)42-34-20-16-14-18-30(34)22-24-36(42)46-49;1-8(2,3)7-9(4,5)6;/h13-24,31-32,37-40H,25-28H2,1-12H3;7H,1-6H3;/q;-1;+3. The summed E-state index contributed by atoms with van der Waals surface area (Å²) in [5.74, 6) is 3.49. The molecule has 6 atom stereocenters.